The van der Waals surface area contributed by atoms with Gasteiger partial charge in [0.2, 0.25) is 17.7 Å². The highest BCUT2D eigenvalue weighted by atomic mass is 32.2. The summed E-state index contributed by atoms with van der Waals surface area (Å²) in [6.07, 6.45) is 1.47. The van der Waals surface area contributed by atoms with Crippen LogP contribution >= 0.6 is 11.8 Å². The molecule has 0 aromatic rings. The molecule has 0 saturated heterocycles. The summed E-state index contributed by atoms with van der Waals surface area (Å²) in [6.45, 7) is -0.983. The van der Waals surface area contributed by atoms with Crippen molar-refractivity contribution in [2.75, 3.05) is 25.1 Å². The fourth-order valence-electron chi connectivity index (χ4n) is 1.85. The summed E-state index contributed by atoms with van der Waals surface area (Å²) in [5.74, 6) is -3.95. The molecule has 12 heteroatoms. The molecule has 0 radical (unpaired) electrons. The van der Waals surface area contributed by atoms with Gasteiger partial charge in [0.15, 0.2) is 0 Å². The number of aliphatic carboxylic acids is 2. The molecule has 2 atom stereocenters. The molecule has 0 bridgehead atoms. The first-order valence-corrected chi connectivity index (χ1v) is 9.10. The first-order chi connectivity index (χ1) is 12.2. The summed E-state index contributed by atoms with van der Waals surface area (Å²) in [5, 5.41) is 24.3. The van der Waals surface area contributed by atoms with E-state index in [4.69, 9.17) is 15.9 Å². The zero-order valence-electron chi connectivity index (χ0n) is 14.3. The number of carboxylic acid groups (broad SMARTS) is 2. The van der Waals surface area contributed by atoms with Crippen molar-refractivity contribution in [2.24, 2.45) is 5.73 Å². The molecule has 148 valence electrons. The molecule has 26 heavy (non-hydrogen) atoms. The second-order valence-corrected chi connectivity index (χ2v) is 6.20. The average molecular weight is 392 g/mol. The Balaban J connectivity index is 5.03. The number of hydrogen-bond acceptors (Lipinski definition) is 7. The van der Waals surface area contributed by atoms with Crippen molar-refractivity contribution in [1.82, 2.24) is 16.0 Å². The quantitative estimate of drug-likeness (QED) is 0.201. The fourth-order valence-corrected chi connectivity index (χ4v) is 2.32. The van der Waals surface area contributed by atoms with Gasteiger partial charge in [0.1, 0.15) is 18.6 Å². The third-order valence-corrected chi connectivity index (χ3v) is 3.79. The van der Waals surface area contributed by atoms with E-state index >= 15 is 0 Å². The summed E-state index contributed by atoms with van der Waals surface area (Å²) in [4.78, 5) is 57.1. The van der Waals surface area contributed by atoms with Gasteiger partial charge in [0.05, 0.1) is 6.54 Å². The van der Waals surface area contributed by atoms with Gasteiger partial charge in [0.25, 0.3) is 0 Å². The molecule has 11 nitrogen and oxygen atoms in total. The minimum atomic E-state index is -1.23. The summed E-state index contributed by atoms with van der Waals surface area (Å²) >= 11 is 1.42. The Morgan fingerprint density at radius 3 is 2.08 bits per heavy atom. The highest BCUT2D eigenvalue weighted by Crippen LogP contribution is 2.04. The van der Waals surface area contributed by atoms with Gasteiger partial charge in [-0.3, -0.25) is 24.0 Å². The van der Waals surface area contributed by atoms with E-state index in [-0.39, 0.29) is 25.8 Å². The van der Waals surface area contributed by atoms with Crippen LogP contribution in [0.15, 0.2) is 0 Å². The zero-order valence-corrected chi connectivity index (χ0v) is 15.1. The monoisotopic (exact) mass is 392 g/mol. The van der Waals surface area contributed by atoms with Gasteiger partial charge in [-0.2, -0.15) is 11.8 Å². The van der Waals surface area contributed by atoms with E-state index < -0.39 is 48.3 Å². The molecule has 0 heterocycles. The summed E-state index contributed by atoms with van der Waals surface area (Å²) in [7, 11) is 0. The maximum absolute atomic E-state index is 12.4. The van der Waals surface area contributed by atoms with Gasteiger partial charge in [-0.25, -0.2) is 0 Å². The molecule has 3 amide bonds. The molecular formula is C14H24N4O7S. The number of nitrogens with two attached hydrogens (primary N) is 1. The van der Waals surface area contributed by atoms with E-state index in [1.54, 1.807) is 6.26 Å². The van der Waals surface area contributed by atoms with Gasteiger partial charge in [-0.1, -0.05) is 0 Å². The van der Waals surface area contributed by atoms with E-state index in [1.165, 1.54) is 11.8 Å². The third kappa shape index (κ3) is 10.5. The van der Waals surface area contributed by atoms with Crippen LogP contribution in [0, 0.1) is 0 Å². The van der Waals surface area contributed by atoms with Crippen LogP contribution < -0.4 is 21.7 Å². The van der Waals surface area contributed by atoms with Crippen LogP contribution in [0.1, 0.15) is 19.3 Å². The first kappa shape index (κ1) is 23.7. The number of hydrogen-bond donors (Lipinski definition) is 6. The van der Waals surface area contributed by atoms with Gasteiger partial charge >= 0.3 is 11.9 Å². The molecule has 0 aliphatic rings. The maximum Gasteiger partial charge on any atom is 0.322 e. The minimum Gasteiger partial charge on any atom is -0.481 e. The van der Waals surface area contributed by atoms with E-state index in [9.17, 15) is 24.0 Å². The molecule has 0 rings (SSSR count). The number of carbonyl (C=O) groups is 5. The van der Waals surface area contributed by atoms with Crippen LogP contribution in [0.25, 0.3) is 0 Å². The van der Waals surface area contributed by atoms with Crippen LogP contribution in [0.2, 0.25) is 0 Å². The van der Waals surface area contributed by atoms with Crippen molar-refractivity contribution in [3.63, 3.8) is 0 Å². The zero-order chi connectivity index (χ0) is 20.1. The molecular weight excluding hydrogens is 368 g/mol. The van der Waals surface area contributed by atoms with Crippen molar-refractivity contribution in [3.8, 4) is 0 Å². The van der Waals surface area contributed by atoms with E-state index in [0.29, 0.717) is 5.75 Å². The van der Waals surface area contributed by atoms with Crippen molar-refractivity contribution < 1.29 is 34.2 Å². The SMILES string of the molecule is CSCCC(NC(=O)C(CCC(=O)O)NC(=O)CN)C(=O)NCC(=O)O. The number of nitrogens with one attached hydrogen (secondary N) is 3. The lowest BCUT2D eigenvalue weighted by molar-refractivity contribution is -0.138. The van der Waals surface area contributed by atoms with Crippen molar-refractivity contribution in [1.29, 1.82) is 0 Å². The summed E-state index contributed by atoms with van der Waals surface area (Å²) < 4.78 is 0. The second-order valence-electron chi connectivity index (χ2n) is 5.21. The Hall–Kier alpha value is -2.34. The fraction of sp³-hybridized carbons (Fsp3) is 0.643. The standard InChI is InChI=1S/C14H24N4O7S/c1-26-5-4-9(13(24)16-7-12(22)23)18-14(25)8(2-3-11(20)21)17-10(19)6-15/h8-9H,2-7,15H2,1H3,(H,16,24)(H,17,19)(H,18,25)(H,20,21)(H,22,23). The Kier molecular flexibility index (Phi) is 11.8. The van der Waals surface area contributed by atoms with Gasteiger partial charge in [-0.05, 0) is 24.9 Å². The molecule has 2 unspecified atom stereocenters. The van der Waals surface area contributed by atoms with Crippen LogP contribution in [0.3, 0.4) is 0 Å². The average Bonchev–Trinajstić information content (AvgIpc) is 2.59. The van der Waals surface area contributed by atoms with E-state index in [1.807, 2.05) is 0 Å². The molecule has 0 aromatic heterocycles. The van der Waals surface area contributed by atoms with Gasteiger partial charge < -0.3 is 31.9 Å². The Bertz CT molecular complexity index is 529. The van der Waals surface area contributed by atoms with E-state index in [2.05, 4.69) is 16.0 Å². The molecule has 0 fully saturated rings. The summed E-state index contributed by atoms with van der Waals surface area (Å²) in [6, 6.07) is -2.19. The van der Waals surface area contributed by atoms with Crippen LogP contribution in [-0.2, 0) is 24.0 Å². The number of carboxylic acids is 2. The topological polar surface area (TPSA) is 188 Å². The number of thioether (sulfide) groups is 1. The molecule has 0 aromatic carbocycles. The lowest BCUT2D eigenvalue weighted by Gasteiger charge is -2.22. The first-order valence-electron chi connectivity index (χ1n) is 7.71. The molecule has 0 saturated carbocycles. The predicted octanol–water partition coefficient (Wildman–Crippen LogP) is -2.27. The third-order valence-electron chi connectivity index (χ3n) is 3.14. The highest BCUT2D eigenvalue weighted by molar-refractivity contribution is 7.98. The molecule has 0 aliphatic carbocycles. The van der Waals surface area contributed by atoms with Crippen molar-refractivity contribution in [3.05, 3.63) is 0 Å². The lowest BCUT2D eigenvalue weighted by atomic mass is 10.1. The highest BCUT2D eigenvalue weighted by Gasteiger charge is 2.27. The molecule has 0 aliphatic heterocycles. The number of amides is 3. The van der Waals surface area contributed by atoms with Gasteiger partial charge in [0, 0.05) is 6.42 Å². The summed E-state index contributed by atoms with van der Waals surface area (Å²) in [5.41, 5.74) is 5.18. The number of carbonyl (C=O) groups excluding carboxylic acids is 3. The Morgan fingerprint density at radius 2 is 1.58 bits per heavy atom. The van der Waals surface area contributed by atoms with Crippen molar-refractivity contribution in [2.45, 2.75) is 31.3 Å². The molecule has 7 N–H and O–H groups in total. The normalized spacial score (nSPS) is 12.5. The largest absolute Gasteiger partial charge is 0.481 e. The van der Waals surface area contributed by atoms with Gasteiger partial charge in [-0.15, -0.1) is 0 Å². The minimum absolute atomic E-state index is 0.182. The van der Waals surface area contributed by atoms with Crippen LogP contribution in [-0.4, -0.2) is 77.1 Å². The second kappa shape index (κ2) is 12.9. The van der Waals surface area contributed by atoms with Crippen LogP contribution in [0.4, 0.5) is 0 Å². The predicted molar refractivity (Wildman–Crippen MR) is 93.4 cm³/mol. The van der Waals surface area contributed by atoms with Crippen LogP contribution in [0.5, 0.6) is 0 Å². The number of rotatable bonds is 13. The Labute approximate surface area is 154 Å². The lowest BCUT2D eigenvalue weighted by Crippen LogP contribution is -2.55. The molecule has 0 spiro atoms. The Morgan fingerprint density at radius 1 is 0.962 bits per heavy atom. The van der Waals surface area contributed by atoms with E-state index in [0.717, 1.165) is 0 Å². The maximum atomic E-state index is 12.4. The van der Waals surface area contributed by atoms with Crippen molar-refractivity contribution >= 4 is 41.4 Å². The smallest absolute Gasteiger partial charge is 0.322 e.